The Labute approximate surface area is 158 Å². The van der Waals surface area contributed by atoms with Gasteiger partial charge in [0, 0.05) is 31.4 Å². The first-order valence-corrected chi connectivity index (χ1v) is 9.47. The van der Waals surface area contributed by atoms with Crippen LogP contribution in [0.2, 0.25) is 0 Å². The van der Waals surface area contributed by atoms with E-state index < -0.39 is 5.92 Å². The van der Waals surface area contributed by atoms with Crippen LogP contribution in [-0.4, -0.2) is 48.8 Å². The number of anilines is 1. The van der Waals surface area contributed by atoms with Gasteiger partial charge in [0.05, 0.1) is 18.2 Å². The fourth-order valence-corrected chi connectivity index (χ4v) is 3.95. The molecule has 0 aromatic heterocycles. The fourth-order valence-electron chi connectivity index (χ4n) is 3.95. The van der Waals surface area contributed by atoms with E-state index in [9.17, 15) is 14.4 Å². The molecule has 140 valence electrons. The maximum absolute atomic E-state index is 12.6. The molecule has 2 aromatic carbocycles. The van der Waals surface area contributed by atoms with Gasteiger partial charge in [0.1, 0.15) is 0 Å². The lowest BCUT2D eigenvalue weighted by Crippen LogP contribution is -2.41. The molecule has 4 rings (SSSR count). The van der Waals surface area contributed by atoms with Gasteiger partial charge in [-0.05, 0) is 24.3 Å². The van der Waals surface area contributed by atoms with Crippen LogP contribution < -0.4 is 10.2 Å². The number of fused-ring (bicyclic) bond motifs is 1. The molecule has 2 fully saturated rings. The van der Waals surface area contributed by atoms with Gasteiger partial charge in [-0.25, -0.2) is 0 Å². The van der Waals surface area contributed by atoms with Crippen molar-refractivity contribution in [3.8, 4) is 0 Å². The van der Waals surface area contributed by atoms with Crippen LogP contribution in [0.15, 0.2) is 42.5 Å². The highest BCUT2D eigenvalue weighted by Gasteiger charge is 2.36. The molecule has 0 radical (unpaired) electrons. The molecule has 1 atom stereocenters. The van der Waals surface area contributed by atoms with Crippen molar-refractivity contribution in [3.05, 3.63) is 42.5 Å². The maximum Gasteiger partial charge on any atom is 0.241 e. The van der Waals surface area contributed by atoms with Crippen LogP contribution in [0.25, 0.3) is 10.8 Å². The van der Waals surface area contributed by atoms with Crippen LogP contribution in [0.4, 0.5) is 5.69 Å². The standard InChI is InChI=1S/C21H23N3O3/c25-19-12-16(21(27)22-13-20(26)23-10-3-4-11-23)14-24(19)18-9-5-7-15-6-1-2-8-17(15)18/h1-2,5-9,16H,3-4,10-14H2,(H,22,27). The van der Waals surface area contributed by atoms with Crippen LogP contribution in [-0.2, 0) is 14.4 Å². The van der Waals surface area contributed by atoms with Crippen LogP contribution >= 0.6 is 0 Å². The van der Waals surface area contributed by atoms with Gasteiger partial charge in [-0.1, -0.05) is 36.4 Å². The molecule has 27 heavy (non-hydrogen) atoms. The van der Waals surface area contributed by atoms with Crippen molar-refractivity contribution in [1.29, 1.82) is 0 Å². The van der Waals surface area contributed by atoms with Crippen molar-refractivity contribution in [2.75, 3.05) is 31.1 Å². The summed E-state index contributed by atoms with van der Waals surface area (Å²) in [6, 6.07) is 13.7. The van der Waals surface area contributed by atoms with Gasteiger partial charge in [-0.15, -0.1) is 0 Å². The Morgan fingerprint density at radius 1 is 1.04 bits per heavy atom. The summed E-state index contributed by atoms with van der Waals surface area (Å²) in [6.07, 6.45) is 2.22. The Hall–Kier alpha value is -2.89. The molecule has 0 spiro atoms. The highest BCUT2D eigenvalue weighted by Crippen LogP contribution is 2.31. The summed E-state index contributed by atoms with van der Waals surface area (Å²) in [5.74, 6) is -0.755. The average Bonchev–Trinajstić information content (AvgIpc) is 3.35. The summed E-state index contributed by atoms with van der Waals surface area (Å²) >= 11 is 0. The normalized spacial score (nSPS) is 19.7. The summed E-state index contributed by atoms with van der Waals surface area (Å²) in [7, 11) is 0. The minimum Gasteiger partial charge on any atom is -0.347 e. The molecule has 6 heteroatoms. The largest absolute Gasteiger partial charge is 0.347 e. The second-order valence-corrected chi connectivity index (χ2v) is 7.21. The smallest absolute Gasteiger partial charge is 0.241 e. The van der Waals surface area contributed by atoms with E-state index in [1.165, 1.54) is 0 Å². The van der Waals surface area contributed by atoms with Crippen LogP contribution in [0, 0.1) is 5.92 Å². The number of amides is 3. The van der Waals surface area contributed by atoms with Crippen LogP contribution in [0.5, 0.6) is 0 Å². The van der Waals surface area contributed by atoms with Crippen LogP contribution in [0.1, 0.15) is 19.3 Å². The third-order valence-electron chi connectivity index (χ3n) is 5.43. The van der Waals surface area contributed by atoms with E-state index in [0.717, 1.165) is 42.4 Å². The maximum atomic E-state index is 12.6. The molecule has 0 saturated carbocycles. The quantitative estimate of drug-likeness (QED) is 0.900. The SMILES string of the molecule is O=C(NCC(=O)N1CCCC1)C1CC(=O)N(c2cccc3ccccc23)C1. The zero-order valence-electron chi connectivity index (χ0n) is 15.2. The third kappa shape index (κ3) is 3.52. The molecule has 2 aliphatic rings. The van der Waals surface area contributed by atoms with E-state index >= 15 is 0 Å². The van der Waals surface area contributed by atoms with Gasteiger partial charge in [-0.2, -0.15) is 0 Å². The molecule has 2 aliphatic heterocycles. The molecule has 0 bridgehead atoms. The molecule has 3 amide bonds. The molecular formula is C21H23N3O3. The second kappa shape index (κ2) is 7.39. The lowest BCUT2D eigenvalue weighted by Gasteiger charge is -2.19. The van der Waals surface area contributed by atoms with E-state index in [0.29, 0.717) is 6.54 Å². The first-order chi connectivity index (χ1) is 13.1. The average molecular weight is 365 g/mol. The number of nitrogens with one attached hydrogen (secondary N) is 1. The molecule has 0 aliphatic carbocycles. The van der Waals surface area contributed by atoms with Crippen molar-refractivity contribution >= 4 is 34.2 Å². The lowest BCUT2D eigenvalue weighted by molar-refractivity contribution is -0.133. The number of carbonyl (C=O) groups is 3. The number of nitrogens with zero attached hydrogens (tertiary/aromatic N) is 2. The number of hydrogen-bond donors (Lipinski definition) is 1. The summed E-state index contributed by atoms with van der Waals surface area (Å²) in [5.41, 5.74) is 0.835. The van der Waals surface area contributed by atoms with Gasteiger partial charge in [0.15, 0.2) is 0 Å². The first kappa shape index (κ1) is 17.5. The van der Waals surface area contributed by atoms with Crippen molar-refractivity contribution < 1.29 is 14.4 Å². The summed E-state index contributed by atoms with van der Waals surface area (Å²) in [5, 5.41) is 4.78. The highest BCUT2D eigenvalue weighted by molar-refractivity contribution is 6.07. The topological polar surface area (TPSA) is 69.7 Å². The summed E-state index contributed by atoms with van der Waals surface area (Å²) in [6.45, 7) is 1.89. The molecule has 6 nitrogen and oxygen atoms in total. The zero-order chi connectivity index (χ0) is 18.8. The first-order valence-electron chi connectivity index (χ1n) is 9.47. The lowest BCUT2D eigenvalue weighted by atomic mass is 10.1. The Kier molecular flexibility index (Phi) is 4.79. The molecule has 1 unspecified atom stereocenters. The minimum absolute atomic E-state index is 0.0117. The number of benzene rings is 2. The summed E-state index contributed by atoms with van der Waals surface area (Å²) in [4.78, 5) is 40.6. The molecule has 2 heterocycles. The Balaban J connectivity index is 1.42. The Bertz CT molecular complexity index is 884. The van der Waals surface area contributed by atoms with Gasteiger partial charge in [0.2, 0.25) is 17.7 Å². The van der Waals surface area contributed by atoms with E-state index in [-0.39, 0.29) is 30.7 Å². The van der Waals surface area contributed by atoms with Crippen molar-refractivity contribution in [1.82, 2.24) is 10.2 Å². The Morgan fingerprint density at radius 2 is 1.78 bits per heavy atom. The number of carbonyl (C=O) groups excluding carboxylic acids is 3. The summed E-state index contributed by atoms with van der Waals surface area (Å²) < 4.78 is 0. The third-order valence-corrected chi connectivity index (χ3v) is 5.43. The number of hydrogen-bond acceptors (Lipinski definition) is 3. The predicted octanol–water partition coefficient (Wildman–Crippen LogP) is 1.93. The fraction of sp³-hybridized carbons (Fsp3) is 0.381. The van der Waals surface area contributed by atoms with Crippen LogP contribution in [0.3, 0.4) is 0 Å². The van der Waals surface area contributed by atoms with E-state index in [4.69, 9.17) is 0 Å². The Morgan fingerprint density at radius 3 is 2.59 bits per heavy atom. The molecule has 2 aromatic rings. The van der Waals surface area contributed by atoms with Gasteiger partial charge in [-0.3, -0.25) is 14.4 Å². The van der Waals surface area contributed by atoms with E-state index in [2.05, 4.69) is 5.32 Å². The van der Waals surface area contributed by atoms with Gasteiger partial charge >= 0.3 is 0 Å². The molecule has 2 saturated heterocycles. The highest BCUT2D eigenvalue weighted by atomic mass is 16.2. The van der Waals surface area contributed by atoms with Gasteiger partial charge < -0.3 is 15.1 Å². The van der Waals surface area contributed by atoms with Crippen molar-refractivity contribution in [3.63, 3.8) is 0 Å². The monoisotopic (exact) mass is 365 g/mol. The van der Waals surface area contributed by atoms with E-state index in [1.54, 1.807) is 9.80 Å². The van der Waals surface area contributed by atoms with E-state index in [1.807, 2.05) is 42.5 Å². The predicted molar refractivity (Wildman–Crippen MR) is 103 cm³/mol. The molecule has 1 N–H and O–H groups in total. The van der Waals surface area contributed by atoms with Gasteiger partial charge in [0.25, 0.3) is 0 Å². The van der Waals surface area contributed by atoms with Crippen molar-refractivity contribution in [2.24, 2.45) is 5.92 Å². The number of rotatable bonds is 4. The van der Waals surface area contributed by atoms with Crippen molar-refractivity contribution in [2.45, 2.75) is 19.3 Å². The zero-order valence-corrected chi connectivity index (χ0v) is 15.2. The number of likely N-dealkylation sites (tertiary alicyclic amines) is 1. The molecular weight excluding hydrogens is 342 g/mol. The minimum atomic E-state index is -0.428. The second-order valence-electron chi connectivity index (χ2n) is 7.21.